The minimum absolute atomic E-state index is 0.0576. The van der Waals surface area contributed by atoms with Crippen molar-refractivity contribution in [2.45, 2.75) is 101 Å². The zero-order valence-corrected chi connectivity index (χ0v) is 46.3. The number of terminal acetylenes is 1. The average molecular weight is 1280 g/mol. The fraction of sp³-hybridized carbons (Fsp3) is 0.254. The lowest BCUT2D eigenvalue weighted by molar-refractivity contribution is -0.141. The maximum atomic E-state index is 13.4. The highest BCUT2D eigenvalue weighted by atomic mass is 19.4. The molecular formula is C59H42F28. The van der Waals surface area contributed by atoms with Crippen molar-refractivity contribution in [3.63, 3.8) is 0 Å². The lowest BCUT2D eigenvalue weighted by atomic mass is 9.98. The van der Waals surface area contributed by atoms with Crippen molar-refractivity contribution in [2.24, 2.45) is 0 Å². The van der Waals surface area contributed by atoms with Gasteiger partial charge in [-0.25, -0.2) is 96.6 Å². The molecule has 6 aromatic carbocycles. The highest BCUT2D eigenvalue weighted by molar-refractivity contribution is 5.63. The van der Waals surface area contributed by atoms with Crippen molar-refractivity contribution in [2.75, 3.05) is 0 Å². The Balaban J connectivity index is 0.000000523. The van der Waals surface area contributed by atoms with E-state index in [0.29, 0.717) is 0 Å². The lowest BCUT2D eigenvalue weighted by Gasteiger charge is -2.16. The third kappa shape index (κ3) is 16.7. The summed E-state index contributed by atoms with van der Waals surface area (Å²) in [5, 5.41) is 0. The predicted molar refractivity (Wildman–Crippen MR) is 265 cm³/mol. The van der Waals surface area contributed by atoms with E-state index in [4.69, 9.17) is 0 Å². The summed E-state index contributed by atoms with van der Waals surface area (Å²) < 4.78 is 361. The first-order valence-corrected chi connectivity index (χ1v) is 23.8. The first-order chi connectivity index (χ1) is 39.8. The van der Waals surface area contributed by atoms with Crippen molar-refractivity contribution in [1.29, 1.82) is 0 Å². The van der Waals surface area contributed by atoms with Crippen LogP contribution in [0.3, 0.4) is 0 Å². The maximum absolute atomic E-state index is 13.4. The first-order valence-electron chi connectivity index (χ1n) is 23.8. The molecule has 0 saturated heterocycles. The van der Waals surface area contributed by atoms with E-state index in [1.54, 1.807) is 5.92 Å². The summed E-state index contributed by atoms with van der Waals surface area (Å²) in [5.41, 5.74) is -13.4. The molecule has 0 spiro atoms. The Morgan fingerprint density at radius 3 is 0.931 bits per heavy atom. The second kappa shape index (κ2) is 31.0. The van der Waals surface area contributed by atoms with Gasteiger partial charge in [-0.05, 0) is 73.8 Å². The summed E-state index contributed by atoms with van der Waals surface area (Å²) >= 11 is 0. The molecule has 0 aliphatic heterocycles. The van der Waals surface area contributed by atoms with Gasteiger partial charge in [-0.2, -0.15) is 26.3 Å². The second-order valence-corrected chi connectivity index (χ2v) is 17.5. The molecule has 0 heterocycles. The summed E-state index contributed by atoms with van der Waals surface area (Å²) in [6.45, 7) is 16.9. The van der Waals surface area contributed by atoms with Crippen LogP contribution >= 0.6 is 0 Å². The summed E-state index contributed by atoms with van der Waals surface area (Å²) in [6, 6.07) is 0. The van der Waals surface area contributed by atoms with E-state index in [2.05, 4.69) is 25.5 Å². The van der Waals surface area contributed by atoms with Crippen LogP contribution in [0.4, 0.5) is 123 Å². The zero-order chi connectivity index (χ0) is 68.3. The number of halogens is 28. The number of benzene rings is 6. The van der Waals surface area contributed by atoms with Crippen LogP contribution in [-0.2, 0) is 25.2 Å². The predicted octanol–water partition coefficient (Wildman–Crippen LogP) is 20.6. The number of alkyl halides is 6. The fourth-order valence-corrected chi connectivity index (χ4v) is 6.95. The Morgan fingerprint density at radius 1 is 0.402 bits per heavy atom. The summed E-state index contributed by atoms with van der Waals surface area (Å²) in [4.78, 5) is 0. The standard InChI is InChI=1S/C11H10F6.C10H8F6.C10H8F4.C10H6F4.C9H6F4.C9H4F4/c1-3-4-6-7(11(15,16)17)8(12)5(2)9(13)10(6)14;1-3-5-6(10(14,15)16)7(11)4(2)8(12)9(5)13;1-4(2)6-9(13)7(11)5(3)8(12)10(6)14;1-3-4-6-9(13)7(11)5(2)8(12)10(6)14;2*1-3-5-8(12)6(10)4(2)7(11)9(5)13/h3-4H2,1-2H3;3H2,1-2H3;1H2,2-3H3;1-2H3;3H,1H2,2H3;1H,2H3. The van der Waals surface area contributed by atoms with Crippen LogP contribution in [0.15, 0.2) is 13.2 Å². The molecule has 0 aliphatic carbocycles. The van der Waals surface area contributed by atoms with Gasteiger partial charge in [0.25, 0.3) is 0 Å². The molecule has 6 rings (SSSR count). The van der Waals surface area contributed by atoms with Gasteiger partial charge in [-0.1, -0.05) is 51.3 Å². The largest absolute Gasteiger partial charge is 0.419 e. The Bertz CT molecular complexity index is 3600. The monoisotopic (exact) mass is 1280 g/mol. The maximum Gasteiger partial charge on any atom is 0.419 e. The number of rotatable bonds is 5. The highest BCUT2D eigenvalue weighted by Gasteiger charge is 2.41. The highest BCUT2D eigenvalue weighted by Crippen LogP contribution is 2.40. The molecule has 0 saturated carbocycles. The molecule has 87 heavy (non-hydrogen) atoms. The zero-order valence-electron chi connectivity index (χ0n) is 46.3. The van der Waals surface area contributed by atoms with Gasteiger partial charge in [-0.15, -0.1) is 12.3 Å². The normalized spacial score (nSPS) is 10.8. The quantitative estimate of drug-likeness (QED) is 0.0917. The van der Waals surface area contributed by atoms with Gasteiger partial charge < -0.3 is 0 Å². The molecule has 0 radical (unpaired) electrons. The summed E-state index contributed by atoms with van der Waals surface area (Å²) in [7, 11) is 0. The van der Waals surface area contributed by atoms with E-state index in [0.717, 1.165) is 47.6 Å². The Kier molecular flexibility index (Phi) is 27.5. The van der Waals surface area contributed by atoms with E-state index in [9.17, 15) is 123 Å². The molecule has 0 atom stereocenters. The molecule has 0 N–H and O–H groups in total. The number of hydrogen-bond acceptors (Lipinski definition) is 0. The SMILES string of the molecule is C#Cc1c(F)c(F)c(C)c(F)c1F.C=C(C)c1c(F)c(F)c(C)c(F)c1F.C=Cc1c(F)c(F)c(C)c(F)c1F.CC#Cc1c(F)c(F)c(C)c(F)c1F.CCCc1c(F)c(F)c(C)c(F)c1C(F)(F)F.CCc1c(F)c(F)c(C)c(F)c1C(F)(F)F. The lowest BCUT2D eigenvalue weighted by Crippen LogP contribution is -2.17. The molecule has 0 aromatic heterocycles. The summed E-state index contributed by atoms with van der Waals surface area (Å²) in [5.74, 6) is -26.9. The minimum Gasteiger partial charge on any atom is -0.206 e. The molecule has 474 valence electrons. The number of allylic oxidation sites excluding steroid dienone is 1. The van der Waals surface area contributed by atoms with E-state index >= 15 is 0 Å². The van der Waals surface area contributed by atoms with Crippen LogP contribution in [-0.4, -0.2) is 0 Å². The van der Waals surface area contributed by atoms with Gasteiger partial charge in [0, 0.05) is 44.5 Å². The molecule has 0 amide bonds. The molecule has 0 fully saturated rings. The van der Waals surface area contributed by atoms with Crippen LogP contribution < -0.4 is 0 Å². The van der Waals surface area contributed by atoms with Gasteiger partial charge in [0.05, 0.1) is 22.3 Å². The Labute approximate surface area is 477 Å². The molecular weight excluding hydrogens is 1240 g/mol. The van der Waals surface area contributed by atoms with E-state index in [-0.39, 0.29) is 18.4 Å². The van der Waals surface area contributed by atoms with E-state index in [1.807, 2.05) is 5.92 Å². The first kappa shape index (κ1) is 77.0. The van der Waals surface area contributed by atoms with E-state index in [1.165, 1.54) is 27.7 Å². The molecule has 28 heteroatoms. The van der Waals surface area contributed by atoms with Gasteiger partial charge in [0.2, 0.25) is 0 Å². The minimum atomic E-state index is -5.03. The second-order valence-electron chi connectivity index (χ2n) is 17.5. The Morgan fingerprint density at radius 2 is 0.667 bits per heavy atom. The van der Waals surface area contributed by atoms with Gasteiger partial charge in [-0.3, -0.25) is 0 Å². The topological polar surface area (TPSA) is 0 Å². The van der Waals surface area contributed by atoms with Gasteiger partial charge in [0.15, 0.2) is 116 Å². The molecule has 0 unspecified atom stereocenters. The van der Waals surface area contributed by atoms with Crippen molar-refractivity contribution < 1.29 is 123 Å². The van der Waals surface area contributed by atoms with Crippen molar-refractivity contribution >= 4 is 11.6 Å². The third-order valence-corrected chi connectivity index (χ3v) is 11.7. The van der Waals surface area contributed by atoms with E-state index < -0.39 is 225 Å². The van der Waals surface area contributed by atoms with Crippen LogP contribution in [0.25, 0.3) is 11.6 Å². The average Bonchev–Trinajstić information content (AvgIpc) is 1.15. The van der Waals surface area contributed by atoms with Gasteiger partial charge in [0.1, 0.15) is 22.8 Å². The molecule has 0 aliphatic rings. The molecule has 0 nitrogen and oxygen atoms in total. The molecule has 6 aromatic rings. The van der Waals surface area contributed by atoms with Crippen LogP contribution in [0.1, 0.15) is 112 Å². The Hall–Kier alpha value is -8.04. The van der Waals surface area contributed by atoms with Crippen molar-refractivity contribution in [1.82, 2.24) is 0 Å². The van der Waals surface area contributed by atoms with Crippen LogP contribution in [0, 0.1) is 194 Å². The number of hydrogen-bond donors (Lipinski definition) is 0. The van der Waals surface area contributed by atoms with Crippen molar-refractivity contribution in [3.05, 3.63) is 219 Å². The van der Waals surface area contributed by atoms with Crippen LogP contribution in [0.2, 0.25) is 0 Å². The molecule has 0 bridgehead atoms. The van der Waals surface area contributed by atoms with Crippen molar-refractivity contribution in [3.8, 4) is 24.2 Å². The van der Waals surface area contributed by atoms with Crippen LogP contribution in [0.5, 0.6) is 0 Å². The smallest absolute Gasteiger partial charge is 0.206 e. The third-order valence-electron chi connectivity index (χ3n) is 11.7. The van der Waals surface area contributed by atoms with Gasteiger partial charge >= 0.3 is 12.4 Å². The summed E-state index contributed by atoms with van der Waals surface area (Å²) in [6.07, 6.45) is -5.31. The fourth-order valence-electron chi connectivity index (χ4n) is 6.95.